The molecule has 1 amide bonds. The standard InChI is InChI=1S/C24H25ClF3N7O2/c1-23(2,37-20-8-3-13(25)9-18(20)24(26,27)28)22(36)30-14-10-15-4-5-16(11-14)35(15)17-6-7-19(29-12-17)21-31-33-34-32-21/h3,6-9,12,14-16H,4-5,10-11H2,1-2H3,(H,30,36)(H,31,32,33,34). The number of H-pyrrole nitrogens is 1. The third kappa shape index (κ3) is 5.20. The first-order chi connectivity index (χ1) is 17.5. The summed E-state index contributed by atoms with van der Waals surface area (Å²) in [5.41, 5.74) is -0.954. The number of piperidine rings is 1. The molecule has 13 heteroatoms. The zero-order valence-corrected chi connectivity index (χ0v) is 20.8. The van der Waals surface area contributed by atoms with E-state index < -0.39 is 29.0 Å². The van der Waals surface area contributed by atoms with Gasteiger partial charge in [0, 0.05) is 23.1 Å². The maximum atomic E-state index is 13.5. The topological polar surface area (TPSA) is 109 Å². The number of anilines is 1. The highest BCUT2D eigenvalue weighted by molar-refractivity contribution is 6.30. The molecule has 2 saturated heterocycles. The minimum absolute atomic E-state index is 0.0659. The normalized spacial score (nSPS) is 21.7. The number of carbonyl (C=O) groups excluding carboxylic acids is 1. The second-order valence-corrected chi connectivity index (χ2v) is 10.3. The van der Waals surface area contributed by atoms with Gasteiger partial charge in [0.2, 0.25) is 5.82 Å². The van der Waals surface area contributed by atoms with E-state index in [1.165, 1.54) is 19.9 Å². The first-order valence-electron chi connectivity index (χ1n) is 11.9. The number of fused-ring (bicyclic) bond motifs is 2. The van der Waals surface area contributed by atoms with Gasteiger partial charge in [0.05, 0.1) is 17.4 Å². The van der Waals surface area contributed by atoms with E-state index >= 15 is 0 Å². The lowest BCUT2D eigenvalue weighted by atomic mass is 9.95. The largest absolute Gasteiger partial charge is 0.477 e. The second-order valence-electron chi connectivity index (χ2n) is 9.82. The number of pyridine rings is 1. The smallest absolute Gasteiger partial charge is 0.420 e. The number of amides is 1. The van der Waals surface area contributed by atoms with Gasteiger partial charge in [-0.3, -0.25) is 9.78 Å². The van der Waals surface area contributed by atoms with Crippen LogP contribution < -0.4 is 15.0 Å². The van der Waals surface area contributed by atoms with Gasteiger partial charge < -0.3 is 15.0 Å². The number of halogens is 4. The van der Waals surface area contributed by atoms with Gasteiger partial charge in [0.15, 0.2) is 5.60 Å². The summed E-state index contributed by atoms with van der Waals surface area (Å²) >= 11 is 5.75. The van der Waals surface area contributed by atoms with Crippen molar-refractivity contribution < 1.29 is 22.7 Å². The van der Waals surface area contributed by atoms with Crippen LogP contribution in [0.15, 0.2) is 36.5 Å². The van der Waals surface area contributed by atoms with E-state index in [1.807, 2.05) is 12.1 Å². The minimum Gasteiger partial charge on any atom is -0.477 e. The zero-order valence-electron chi connectivity index (χ0n) is 20.1. The highest BCUT2D eigenvalue weighted by Crippen LogP contribution is 2.41. The van der Waals surface area contributed by atoms with Gasteiger partial charge in [0.25, 0.3) is 5.91 Å². The number of rotatable bonds is 6. The van der Waals surface area contributed by atoms with Crippen LogP contribution in [0.25, 0.3) is 11.5 Å². The predicted octanol–water partition coefficient (Wildman–Crippen LogP) is 4.41. The van der Waals surface area contributed by atoms with Gasteiger partial charge in [-0.25, -0.2) is 0 Å². The fourth-order valence-corrected chi connectivity index (χ4v) is 5.32. The van der Waals surface area contributed by atoms with Crippen molar-refractivity contribution in [3.8, 4) is 17.3 Å². The molecule has 2 fully saturated rings. The molecular formula is C24H25ClF3N7O2. The van der Waals surface area contributed by atoms with Crippen LogP contribution in [0.5, 0.6) is 5.75 Å². The van der Waals surface area contributed by atoms with E-state index in [-0.39, 0.29) is 23.1 Å². The van der Waals surface area contributed by atoms with Crippen molar-refractivity contribution in [2.24, 2.45) is 0 Å². The molecule has 2 aliphatic rings. The predicted molar refractivity (Wildman–Crippen MR) is 129 cm³/mol. The fourth-order valence-electron chi connectivity index (χ4n) is 5.15. The number of tetrazole rings is 1. The molecule has 37 heavy (non-hydrogen) atoms. The molecule has 4 heterocycles. The summed E-state index contributed by atoms with van der Waals surface area (Å²) < 4.78 is 46.0. The van der Waals surface area contributed by atoms with Crippen LogP contribution in [0.1, 0.15) is 45.1 Å². The van der Waals surface area contributed by atoms with Gasteiger partial charge in [0.1, 0.15) is 11.4 Å². The average molecular weight is 536 g/mol. The Morgan fingerprint density at radius 3 is 2.49 bits per heavy atom. The number of benzene rings is 1. The average Bonchev–Trinajstić information content (AvgIpc) is 3.46. The molecule has 3 aromatic rings. The highest BCUT2D eigenvalue weighted by Gasteiger charge is 2.43. The molecule has 2 aromatic heterocycles. The van der Waals surface area contributed by atoms with E-state index in [0.717, 1.165) is 30.7 Å². The summed E-state index contributed by atoms with van der Waals surface area (Å²) in [6.45, 7) is 2.91. The number of alkyl halides is 3. The van der Waals surface area contributed by atoms with Crippen LogP contribution in [-0.2, 0) is 11.0 Å². The molecule has 2 unspecified atom stereocenters. The molecular weight excluding hydrogens is 511 g/mol. The van der Waals surface area contributed by atoms with E-state index in [1.54, 1.807) is 6.20 Å². The number of nitrogens with zero attached hydrogens (tertiary/aromatic N) is 5. The molecule has 5 rings (SSSR count). The molecule has 2 atom stereocenters. The van der Waals surface area contributed by atoms with Crippen molar-refractivity contribution >= 4 is 23.2 Å². The molecule has 2 N–H and O–H groups in total. The summed E-state index contributed by atoms with van der Waals surface area (Å²) in [5, 5.41) is 16.8. The Kier molecular flexibility index (Phi) is 6.47. The van der Waals surface area contributed by atoms with Crippen molar-refractivity contribution in [1.82, 2.24) is 30.9 Å². The summed E-state index contributed by atoms with van der Waals surface area (Å²) in [5.74, 6) is -0.495. The van der Waals surface area contributed by atoms with Crippen LogP contribution in [0.2, 0.25) is 5.02 Å². The third-order valence-electron chi connectivity index (χ3n) is 6.85. The molecule has 196 valence electrons. The van der Waals surface area contributed by atoms with Crippen LogP contribution in [0.3, 0.4) is 0 Å². The van der Waals surface area contributed by atoms with Crippen LogP contribution in [0, 0.1) is 0 Å². The molecule has 0 radical (unpaired) electrons. The number of hydrogen-bond acceptors (Lipinski definition) is 7. The van der Waals surface area contributed by atoms with Crippen LogP contribution >= 0.6 is 11.6 Å². The molecule has 9 nitrogen and oxygen atoms in total. The van der Waals surface area contributed by atoms with E-state index in [4.69, 9.17) is 16.3 Å². The van der Waals surface area contributed by atoms with E-state index in [0.29, 0.717) is 24.4 Å². The zero-order chi connectivity index (χ0) is 26.4. The van der Waals surface area contributed by atoms with Gasteiger partial charge in [-0.2, -0.15) is 18.4 Å². The molecule has 2 bridgehead atoms. The van der Waals surface area contributed by atoms with Gasteiger partial charge in [-0.1, -0.05) is 11.6 Å². The lowest BCUT2D eigenvalue weighted by Gasteiger charge is -2.41. The van der Waals surface area contributed by atoms with Gasteiger partial charge in [-0.15, -0.1) is 10.2 Å². The highest BCUT2D eigenvalue weighted by atomic mass is 35.5. The summed E-state index contributed by atoms with van der Waals surface area (Å²) in [4.78, 5) is 19.9. The van der Waals surface area contributed by atoms with Crippen molar-refractivity contribution in [2.75, 3.05) is 4.90 Å². The summed E-state index contributed by atoms with van der Waals surface area (Å²) in [6, 6.07) is 7.35. The van der Waals surface area contributed by atoms with Crippen LogP contribution in [0.4, 0.5) is 18.9 Å². The Hall–Kier alpha value is -3.41. The Morgan fingerprint density at radius 2 is 1.89 bits per heavy atom. The third-order valence-corrected chi connectivity index (χ3v) is 7.08. The number of aromatic nitrogens is 5. The molecule has 1 aromatic carbocycles. The Morgan fingerprint density at radius 1 is 1.16 bits per heavy atom. The van der Waals surface area contributed by atoms with Crippen molar-refractivity contribution in [1.29, 1.82) is 0 Å². The van der Waals surface area contributed by atoms with Crippen molar-refractivity contribution in [3.05, 3.63) is 47.1 Å². The summed E-state index contributed by atoms with van der Waals surface area (Å²) in [6.07, 6.45) is 0.487. The maximum absolute atomic E-state index is 13.5. The minimum atomic E-state index is -4.67. The van der Waals surface area contributed by atoms with Crippen molar-refractivity contribution in [2.45, 2.75) is 69.4 Å². The second kappa shape index (κ2) is 9.47. The van der Waals surface area contributed by atoms with Crippen molar-refractivity contribution in [3.63, 3.8) is 0 Å². The first-order valence-corrected chi connectivity index (χ1v) is 12.2. The van der Waals surface area contributed by atoms with Crippen LogP contribution in [-0.4, -0.2) is 55.2 Å². The monoisotopic (exact) mass is 535 g/mol. The molecule has 0 saturated carbocycles. The number of nitrogens with one attached hydrogen (secondary N) is 2. The maximum Gasteiger partial charge on any atom is 0.420 e. The molecule has 0 spiro atoms. The molecule has 0 aliphatic carbocycles. The Balaban J connectivity index is 1.24. The first kappa shape index (κ1) is 25.2. The SMILES string of the molecule is CC(C)(Oc1ccc(Cl)cc1C(F)(F)F)C(=O)NC1CC2CCC(C1)N2c1ccc(-c2nn[nH]n2)nc1. The Labute approximate surface area is 215 Å². The lowest BCUT2D eigenvalue weighted by Crippen LogP contribution is -2.55. The van der Waals surface area contributed by atoms with E-state index in [2.05, 4.69) is 35.8 Å². The number of carbonyl (C=O) groups is 1. The number of hydrogen-bond donors (Lipinski definition) is 2. The number of ether oxygens (including phenoxy) is 1. The number of aromatic amines is 1. The quantitative estimate of drug-likeness (QED) is 0.481. The Bertz CT molecular complexity index is 1250. The van der Waals surface area contributed by atoms with Gasteiger partial charge in [-0.05, 0) is 75.1 Å². The van der Waals surface area contributed by atoms with E-state index in [9.17, 15) is 18.0 Å². The molecule has 2 aliphatic heterocycles. The lowest BCUT2D eigenvalue weighted by molar-refractivity contribution is -0.143. The fraction of sp³-hybridized carbons (Fsp3) is 0.458. The summed E-state index contributed by atoms with van der Waals surface area (Å²) in [7, 11) is 0. The van der Waals surface area contributed by atoms with Gasteiger partial charge >= 0.3 is 6.18 Å².